The highest BCUT2D eigenvalue weighted by Gasteiger charge is 2.07. The van der Waals surface area contributed by atoms with Crippen LogP contribution in [0.2, 0.25) is 0 Å². The van der Waals surface area contributed by atoms with Gasteiger partial charge in [0.1, 0.15) is 6.54 Å². The SMILES string of the molecule is CNCCCC(=O)Nc1ccc(C(=O)NCC(=O)O)cc1. The van der Waals surface area contributed by atoms with E-state index >= 15 is 0 Å². The predicted octanol–water partition coefficient (Wildman–Crippen LogP) is 0.439. The van der Waals surface area contributed by atoms with Crippen molar-refractivity contribution in [2.24, 2.45) is 0 Å². The normalized spacial score (nSPS) is 9.95. The third-order valence-electron chi connectivity index (χ3n) is 2.66. The lowest BCUT2D eigenvalue weighted by molar-refractivity contribution is -0.135. The van der Waals surface area contributed by atoms with E-state index in [-0.39, 0.29) is 5.91 Å². The second-order valence-electron chi connectivity index (χ2n) is 4.41. The van der Waals surface area contributed by atoms with Crippen LogP contribution in [0.15, 0.2) is 24.3 Å². The fourth-order valence-corrected chi connectivity index (χ4v) is 1.61. The van der Waals surface area contributed by atoms with Gasteiger partial charge in [-0.3, -0.25) is 14.4 Å². The Morgan fingerprint density at radius 1 is 1.14 bits per heavy atom. The average molecular weight is 293 g/mol. The van der Waals surface area contributed by atoms with Gasteiger partial charge in [-0.2, -0.15) is 0 Å². The third-order valence-corrected chi connectivity index (χ3v) is 2.66. The van der Waals surface area contributed by atoms with Crippen molar-refractivity contribution in [1.82, 2.24) is 10.6 Å². The molecule has 7 heteroatoms. The van der Waals surface area contributed by atoms with E-state index in [1.165, 1.54) is 12.1 Å². The zero-order valence-corrected chi connectivity index (χ0v) is 11.8. The minimum absolute atomic E-state index is 0.0895. The standard InChI is InChI=1S/C14H19N3O4/c1-15-8-2-3-12(18)17-11-6-4-10(5-7-11)14(21)16-9-13(19)20/h4-7,15H,2-3,8-9H2,1H3,(H,16,21)(H,17,18)(H,19,20). The average Bonchev–Trinajstić information content (AvgIpc) is 2.45. The first-order valence-corrected chi connectivity index (χ1v) is 6.57. The summed E-state index contributed by atoms with van der Waals surface area (Å²) in [7, 11) is 1.83. The van der Waals surface area contributed by atoms with Crippen LogP contribution in [0, 0.1) is 0 Å². The van der Waals surface area contributed by atoms with E-state index in [0.717, 1.165) is 13.0 Å². The van der Waals surface area contributed by atoms with Crippen molar-refractivity contribution in [3.05, 3.63) is 29.8 Å². The maximum absolute atomic E-state index is 11.6. The first kappa shape index (κ1) is 16.6. The van der Waals surface area contributed by atoms with Gasteiger partial charge in [0.15, 0.2) is 0 Å². The highest BCUT2D eigenvalue weighted by atomic mass is 16.4. The van der Waals surface area contributed by atoms with E-state index in [2.05, 4.69) is 16.0 Å². The third kappa shape index (κ3) is 6.53. The zero-order chi connectivity index (χ0) is 15.7. The molecule has 114 valence electrons. The van der Waals surface area contributed by atoms with Gasteiger partial charge in [0, 0.05) is 17.7 Å². The largest absolute Gasteiger partial charge is 0.480 e. The minimum Gasteiger partial charge on any atom is -0.480 e. The number of carbonyl (C=O) groups is 3. The van der Waals surface area contributed by atoms with Gasteiger partial charge in [0.2, 0.25) is 5.91 Å². The fourth-order valence-electron chi connectivity index (χ4n) is 1.61. The Balaban J connectivity index is 2.48. The molecule has 2 amide bonds. The molecule has 0 fully saturated rings. The lowest BCUT2D eigenvalue weighted by Crippen LogP contribution is -2.29. The smallest absolute Gasteiger partial charge is 0.322 e. The molecular formula is C14H19N3O4. The highest BCUT2D eigenvalue weighted by molar-refractivity contribution is 5.97. The summed E-state index contributed by atoms with van der Waals surface area (Å²) in [5.74, 6) is -1.66. The van der Waals surface area contributed by atoms with Crippen LogP contribution < -0.4 is 16.0 Å². The summed E-state index contributed by atoms with van der Waals surface area (Å²) < 4.78 is 0. The number of hydrogen-bond acceptors (Lipinski definition) is 4. The molecule has 0 heterocycles. The number of hydrogen-bond donors (Lipinski definition) is 4. The number of carboxylic acids is 1. The number of carbonyl (C=O) groups excluding carboxylic acids is 2. The van der Waals surface area contributed by atoms with Crippen molar-refractivity contribution >= 4 is 23.5 Å². The summed E-state index contributed by atoms with van der Waals surface area (Å²) in [5.41, 5.74) is 0.934. The van der Waals surface area contributed by atoms with Crippen LogP contribution in [0.25, 0.3) is 0 Å². The number of benzene rings is 1. The van der Waals surface area contributed by atoms with E-state index in [1.54, 1.807) is 12.1 Å². The van der Waals surface area contributed by atoms with Crippen LogP contribution >= 0.6 is 0 Å². The van der Waals surface area contributed by atoms with Crippen LogP contribution in [0.1, 0.15) is 23.2 Å². The summed E-state index contributed by atoms with van der Waals surface area (Å²) >= 11 is 0. The van der Waals surface area contributed by atoms with Gasteiger partial charge in [-0.25, -0.2) is 0 Å². The number of nitrogens with one attached hydrogen (secondary N) is 3. The highest BCUT2D eigenvalue weighted by Crippen LogP contribution is 2.10. The summed E-state index contributed by atoms with van der Waals surface area (Å²) in [6, 6.07) is 6.26. The summed E-state index contributed by atoms with van der Waals surface area (Å²) in [6.45, 7) is 0.346. The number of anilines is 1. The van der Waals surface area contributed by atoms with E-state index in [1.807, 2.05) is 7.05 Å². The molecule has 0 saturated heterocycles. The molecule has 0 aliphatic carbocycles. The minimum atomic E-state index is -1.10. The number of amides is 2. The number of rotatable bonds is 8. The van der Waals surface area contributed by atoms with Gasteiger partial charge in [0.05, 0.1) is 0 Å². The Hall–Kier alpha value is -2.41. The van der Waals surface area contributed by atoms with Crippen LogP contribution in [-0.4, -0.2) is 43.0 Å². The predicted molar refractivity (Wildman–Crippen MR) is 78.2 cm³/mol. The summed E-state index contributed by atoms with van der Waals surface area (Å²) in [5, 5.41) is 16.4. The molecule has 0 spiro atoms. The molecule has 1 rings (SSSR count). The first-order chi connectivity index (χ1) is 10.0. The first-order valence-electron chi connectivity index (χ1n) is 6.57. The molecule has 0 aliphatic heterocycles. The second-order valence-corrected chi connectivity index (χ2v) is 4.41. The summed E-state index contributed by atoms with van der Waals surface area (Å²) in [6.07, 6.45) is 1.17. The molecule has 0 atom stereocenters. The quantitative estimate of drug-likeness (QED) is 0.520. The maximum atomic E-state index is 11.6. The lowest BCUT2D eigenvalue weighted by atomic mass is 10.2. The van der Waals surface area contributed by atoms with Crippen molar-refractivity contribution in [2.45, 2.75) is 12.8 Å². The van der Waals surface area contributed by atoms with E-state index in [9.17, 15) is 14.4 Å². The van der Waals surface area contributed by atoms with E-state index in [4.69, 9.17) is 5.11 Å². The van der Waals surface area contributed by atoms with Crippen molar-refractivity contribution < 1.29 is 19.5 Å². The zero-order valence-electron chi connectivity index (χ0n) is 11.8. The molecule has 0 unspecified atom stereocenters. The molecule has 1 aromatic carbocycles. The van der Waals surface area contributed by atoms with Gasteiger partial charge < -0.3 is 21.1 Å². The molecule has 0 saturated carbocycles. The van der Waals surface area contributed by atoms with Gasteiger partial charge in [-0.05, 0) is 44.3 Å². The molecule has 0 aliphatic rings. The van der Waals surface area contributed by atoms with Crippen LogP contribution in [0.4, 0.5) is 5.69 Å². The maximum Gasteiger partial charge on any atom is 0.322 e. The lowest BCUT2D eigenvalue weighted by Gasteiger charge is -2.07. The Kier molecular flexibility index (Phi) is 6.90. The molecule has 7 nitrogen and oxygen atoms in total. The van der Waals surface area contributed by atoms with Gasteiger partial charge in [0.25, 0.3) is 5.91 Å². The van der Waals surface area contributed by atoms with Gasteiger partial charge in [-0.15, -0.1) is 0 Å². The van der Waals surface area contributed by atoms with Crippen molar-refractivity contribution in [1.29, 1.82) is 0 Å². The van der Waals surface area contributed by atoms with Crippen molar-refractivity contribution in [3.63, 3.8) is 0 Å². The summed E-state index contributed by atoms with van der Waals surface area (Å²) in [4.78, 5) is 33.5. The topological polar surface area (TPSA) is 108 Å². The molecule has 0 radical (unpaired) electrons. The van der Waals surface area contributed by atoms with Gasteiger partial charge >= 0.3 is 5.97 Å². The van der Waals surface area contributed by atoms with Crippen LogP contribution in [0.3, 0.4) is 0 Å². The van der Waals surface area contributed by atoms with Gasteiger partial charge in [-0.1, -0.05) is 0 Å². The molecule has 0 aromatic heterocycles. The molecule has 1 aromatic rings. The Morgan fingerprint density at radius 3 is 2.38 bits per heavy atom. The van der Waals surface area contributed by atoms with E-state index < -0.39 is 18.4 Å². The Bertz CT molecular complexity index is 499. The number of aliphatic carboxylic acids is 1. The number of carboxylic acid groups (broad SMARTS) is 1. The second kappa shape index (κ2) is 8.70. The monoisotopic (exact) mass is 293 g/mol. The molecule has 4 N–H and O–H groups in total. The molecule has 0 bridgehead atoms. The van der Waals surface area contributed by atoms with E-state index in [0.29, 0.717) is 17.7 Å². The Morgan fingerprint density at radius 2 is 1.81 bits per heavy atom. The van der Waals surface area contributed by atoms with Crippen LogP contribution in [0.5, 0.6) is 0 Å². The van der Waals surface area contributed by atoms with Crippen molar-refractivity contribution in [2.75, 3.05) is 25.5 Å². The fraction of sp³-hybridized carbons (Fsp3) is 0.357. The molecular weight excluding hydrogens is 274 g/mol. The Labute approximate surface area is 122 Å². The van der Waals surface area contributed by atoms with Crippen molar-refractivity contribution in [3.8, 4) is 0 Å². The van der Waals surface area contributed by atoms with Crippen LogP contribution in [-0.2, 0) is 9.59 Å². The molecule has 21 heavy (non-hydrogen) atoms.